The maximum Gasteiger partial charge on any atom is 0.260 e. The molecule has 11 heteroatoms. The minimum Gasteiger partial charge on any atom is -0.493 e. The number of carbonyl (C=O) groups excluding carboxylic acids is 2. The average Bonchev–Trinajstić information content (AvgIpc) is 3.85. The Hall–Kier alpha value is -5.32. The Morgan fingerprint density at radius 3 is 2.35 bits per heavy atom. The molecule has 4 aromatic rings. The summed E-state index contributed by atoms with van der Waals surface area (Å²) in [6, 6.07) is 17.0. The number of nitrogens with zero attached hydrogens (tertiary/aromatic N) is 4. The van der Waals surface area contributed by atoms with Gasteiger partial charge in [0.1, 0.15) is 0 Å². The lowest BCUT2D eigenvalue weighted by Gasteiger charge is -2.27. The van der Waals surface area contributed by atoms with Crippen LogP contribution in [0.3, 0.4) is 0 Å². The number of aliphatic imine (C=N–C) groups is 1. The van der Waals surface area contributed by atoms with Crippen molar-refractivity contribution >= 4 is 46.0 Å². The molecular formula is C40H43N5O6. The first-order chi connectivity index (χ1) is 24.9. The van der Waals surface area contributed by atoms with Crippen molar-refractivity contribution in [1.29, 1.82) is 0 Å². The van der Waals surface area contributed by atoms with Gasteiger partial charge in [0, 0.05) is 48.7 Å². The third-order valence-electron chi connectivity index (χ3n) is 10.6. The third kappa shape index (κ3) is 6.30. The summed E-state index contributed by atoms with van der Waals surface area (Å²) in [5.41, 5.74) is 4.46. The van der Waals surface area contributed by atoms with Crippen LogP contribution in [-0.2, 0) is 0 Å². The Bertz CT molecular complexity index is 2030. The quantitative estimate of drug-likeness (QED) is 0.167. The minimum absolute atomic E-state index is 0.0186. The number of hydrogen-bond acceptors (Lipinski definition) is 9. The Labute approximate surface area is 297 Å². The van der Waals surface area contributed by atoms with Gasteiger partial charge in [-0.3, -0.25) is 19.6 Å². The number of amides is 2. The molecule has 4 aliphatic rings. The van der Waals surface area contributed by atoms with Crippen LogP contribution in [0.5, 0.6) is 23.0 Å². The predicted octanol–water partition coefficient (Wildman–Crippen LogP) is 7.05. The molecule has 264 valence electrons. The summed E-state index contributed by atoms with van der Waals surface area (Å²) in [4.78, 5) is 40.3. The maximum absolute atomic E-state index is 14.0. The van der Waals surface area contributed by atoms with E-state index in [1.165, 1.54) is 12.8 Å². The lowest BCUT2D eigenvalue weighted by molar-refractivity contribution is 0.0767. The topological polar surface area (TPSA) is 115 Å². The molecule has 2 amide bonds. The van der Waals surface area contributed by atoms with Crippen LogP contribution in [0.15, 0.2) is 65.8 Å². The highest BCUT2D eigenvalue weighted by Crippen LogP contribution is 2.55. The number of nitrogens with one attached hydrogen (secondary N) is 1. The first-order valence-electron chi connectivity index (χ1n) is 17.8. The predicted molar refractivity (Wildman–Crippen MR) is 197 cm³/mol. The van der Waals surface area contributed by atoms with Gasteiger partial charge in [0.2, 0.25) is 0 Å². The van der Waals surface area contributed by atoms with Crippen LogP contribution in [0.1, 0.15) is 66.2 Å². The Balaban J connectivity index is 0.867. The Morgan fingerprint density at radius 2 is 1.61 bits per heavy atom. The molecule has 8 rings (SSSR count). The molecule has 1 spiro atoms. The van der Waals surface area contributed by atoms with Gasteiger partial charge >= 0.3 is 0 Å². The molecule has 11 nitrogen and oxygen atoms in total. The van der Waals surface area contributed by atoms with Gasteiger partial charge in [0.05, 0.1) is 67.5 Å². The zero-order valence-corrected chi connectivity index (χ0v) is 29.3. The van der Waals surface area contributed by atoms with E-state index < -0.39 is 0 Å². The molecule has 1 N–H and O–H groups in total. The monoisotopic (exact) mass is 689 g/mol. The Kier molecular flexibility index (Phi) is 8.65. The third-order valence-corrected chi connectivity index (χ3v) is 10.6. The fraction of sp³-hybridized carbons (Fsp3) is 0.400. The van der Waals surface area contributed by atoms with Gasteiger partial charge in [-0.05, 0) is 87.3 Å². The first kappa shape index (κ1) is 32.9. The van der Waals surface area contributed by atoms with Crippen molar-refractivity contribution in [2.45, 2.75) is 57.5 Å². The van der Waals surface area contributed by atoms with Gasteiger partial charge in [0.25, 0.3) is 11.8 Å². The molecule has 0 radical (unpaired) electrons. The Morgan fingerprint density at radius 1 is 0.863 bits per heavy atom. The molecule has 3 aromatic carbocycles. The van der Waals surface area contributed by atoms with E-state index in [0.717, 1.165) is 48.8 Å². The molecule has 1 saturated heterocycles. The summed E-state index contributed by atoms with van der Waals surface area (Å²) in [6.45, 7) is 4.39. The summed E-state index contributed by atoms with van der Waals surface area (Å²) in [5.74, 6) is 2.13. The van der Waals surface area contributed by atoms with Gasteiger partial charge in [-0.2, -0.15) is 0 Å². The molecule has 3 aliphatic heterocycles. The number of hydrogen-bond donors (Lipinski definition) is 1. The molecule has 0 unspecified atom stereocenters. The van der Waals surface area contributed by atoms with E-state index >= 15 is 0 Å². The van der Waals surface area contributed by atoms with Gasteiger partial charge in [0.15, 0.2) is 23.0 Å². The van der Waals surface area contributed by atoms with Crippen LogP contribution in [0.4, 0.5) is 17.1 Å². The van der Waals surface area contributed by atoms with Gasteiger partial charge in [-0.25, -0.2) is 0 Å². The molecule has 0 bridgehead atoms. The number of rotatable bonds is 11. The summed E-state index contributed by atoms with van der Waals surface area (Å²) in [6.07, 6.45) is 9.57. The second kappa shape index (κ2) is 13.4. The largest absolute Gasteiger partial charge is 0.493 e. The number of pyridine rings is 1. The van der Waals surface area contributed by atoms with Gasteiger partial charge in [-0.1, -0.05) is 6.07 Å². The SMILES string of the molecule is COc1cc2c(cc1OCCCCCOc1cc3c(cc1OC)C(=O)N(c1ccc4ncccc4c1)[C@@H](C)CN3)N=C[C@@H]1CC3(CC3)CN1C2=O. The van der Waals surface area contributed by atoms with Crippen LogP contribution < -0.4 is 29.2 Å². The molecule has 1 saturated carbocycles. The van der Waals surface area contributed by atoms with E-state index in [2.05, 4.69) is 10.3 Å². The maximum atomic E-state index is 14.0. The number of methoxy groups -OCH3 is 2. The van der Waals surface area contributed by atoms with E-state index in [1.807, 2.05) is 65.4 Å². The summed E-state index contributed by atoms with van der Waals surface area (Å²) in [7, 11) is 3.18. The normalized spacial score (nSPS) is 19.9. The standard InChI is InChI=1S/C40H43N5O6/c1-25-22-42-33-20-37(35(49-3)18-30(33)39(47)45(25)27-9-10-31-26(16-27)8-7-13-41-31)51-15-6-4-5-14-50-36-19-32-29(17-34(36)48-2)38(46)44-24-40(11-12-40)21-28(44)23-43-32/h7-10,13,16-20,23,25,28,42H,4-6,11-12,14-15,21-22,24H2,1-3H3/t25-,28-/m0/s1. The molecule has 1 aliphatic carbocycles. The smallest absolute Gasteiger partial charge is 0.260 e. The number of carbonyl (C=O) groups is 2. The first-order valence-corrected chi connectivity index (χ1v) is 17.8. The highest BCUT2D eigenvalue weighted by molar-refractivity contribution is 6.11. The zero-order chi connectivity index (χ0) is 35.1. The van der Waals surface area contributed by atoms with Crippen LogP contribution >= 0.6 is 0 Å². The molecule has 51 heavy (non-hydrogen) atoms. The lowest BCUT2D eigenvalue weighted by atomic mass is 10.0. The van der Waals surface area contributed by atoms with Crippen molar-refractivity contribution in [2.24, 2.45) is 10.4 Å². The lowest BCUT2D eigenvalue weighted by Crippen LogP contribution is -2.40. The molecule has 2 fully saturated rings. The number of aromatic nitrogens is 1. The fourth-order valence-electron chi connectivity index (χ4n) is 7.58. The van der Waals surface area contributed by atoms with Crippen molar-refractivity contribution in [3.63, 3.8) is 0 Å². The highest BCUT2D eigenvalue weighted by atomic mass is 16.5. The van der Waals surface area contributed by atoms with Crippen molar-refractivity contribution in [3.05, 3.63) is 71.9 Å². The second-order valence-electron chi connectivity index (χ2n) is 14.1. The van der Waals surface area contributed by atoms with Crippen molar-refractivity contribution in [2.75, 3.05) is 50.7 Å². The van der Waals surface area contributed by atoms with Crippen LogP contribution in [0.25, 0.3) is 10.9 Å². The van der Waals surface area contributed by atoms with Crippen molar-refractivity contribution in [3.8, 4) is 23.0 Å². The fourth-order valence-corrected chi connectivity index (χ4v) is 7.58. The number of unbranched alkanes of at least 4 members (excludes halogenated alkanes) is 2. The molecular weight excluding hydrogens is 646 g/mol. The molecule has 2 atom stereocenters. The van der Waals surface area contributed by atoms with E-state index in [0.29, 0.717) is 70.7 Å². The van der Waals surface area contributed by atoms with E-state index in [9.17, 15) is 9.59 Å². The number of fused-ring (bicyclic) bond motifs is 4. The van der Waals surface area contributed by atoms with E-state index in [-0.39, 0.29) is 23.9 Å². The van der Waals surface area contributed by atoms with Gasteiger partial charge in [-0.15, -0.1) is 0 Å². The average molecular weight is 690 g/mol. The summed E-state index contributed by atoms with van der Waals surface area (Å²) < 4.78 is 23.6. The van der Waals surface area contributed by atoms with Crippen LogP contribution in [0, 0.1) is 5.41 Å². The number of benzene rings is 3. The van der Waals surface area contributed by atoms with Crippen molar-refractivity contribution < 1.29 is 28.5 Å². The van der Waals surface area contributed by atoms with Gasteiger partial charge < -0.3 is 34.1 Å². The minimum atomic E-state index is -0.105. The van der Waals surface area contributed by atoms with Crippen LogP contribution in [0.2, 0.25) is 0 Å². The summed E-state index contributed by atoms with van der Waals surface area (Å²) >= 11 is 0. The molecule has 1 aromatic heterocycles. The second-order valence-corrected chi connectivity index (χ2v) is 14.1. The van der Waals surface area contributed by atoms with E-state index in [4.69, 9.17) is 23.9 Å². The molecule has 4 heterocycles. The van der Waals surface area contributed by atoms with E-state index in [1.54, 1.807) is 32.5 Å². The highest BCUT2D eigenvalue weighted by Gasteiger charge is 2.53. The van der Waals surface area contributed by atoms with Crippen LogP contribution in [-0.4, -0.2) is 80.5 Å². The summed E-state index contributed by atoms with van der Waals surface area (Å²) in [5, 5.41) is 4.43. The van der Waals surface area contributed by atoms with Crippen molar-refractivity contribution in [1.82, 2.24) is 9.88 Å². The number of ether oxygens (including phenoxy) is 4. The number of anilines is 2. The zero-order valence-electron chi connectivity index (χ0n) is 29.3.